The molecule has 6 nitrogen and oxygen atoms in total. The predicted octanol–water partition coefficient (Wildman–Crippen LogP) is 2.92. The van der Waals surface area contributed by atoms with Crippen LogP contribution in [0.5, 0.6) is 11.5 Å². The number of hydrogen-bond donors (Lipinski definition) is 1. The highest BCUT2D eigenvalue weighted by Crippen LogP contribution is 2.36. The van der Waals surface area contributed by atoms with Crippen molar-refractivity contribution in [2.24, 2.45) is 0 Å². The van der Waals surface area contributed by atoms with Gasteiger partial charge in [-0.05, 0) is 49.5 Å². The monoisotopic (exact) mass is 342 g/mol. The molecule has 3 rings (SSSR count). The van der Waals surface area contributed by atoms with Crippen molar-refractivity contribution in [3.8, 4) is 22.8 Å². The summed E-state index contributed by atoms with van der Waals surface area (Å²) >= 11 is 0. The Morgan fingerprint density at radius 2 is 2.16 bits per heavy atom. The molecule has 132 valence electrons. The second-order valence-electron chi connectivity index (χ2n) is 6.23. The van der Waals surface area contributed by atoms with E-state index in [1.54, 1.807) is 13.3 Å². The van der Waals surface area contributed by atoms with Gasteiger partial charge >= 0.3 is 7.12 Å². The summed E-state index contributed by atoms with van der Waals surface area (Å²) in [6.45, 7) is 4.65. The molecule has 0 spiro atoms. The van der Waals surface area contributed by atoms with Crippen LogP contribution < -0.4 is 9.47 Å². The number of nitrogens with zero attached hydrogens (tertiary/aromatic N) is 2. The van der Waals surface area contributed by atoms with Gasteiger partial charge in [0.2, 0.25) is 0 Å². The molecule has 1 aliphatic heterocycles. The molecule has 1 aromatic heterocycles. The van der Waals surface area contributed by atoms with E-state index in [9.17, 15) is 5.02 Å². The number of ether oxygens (including phenoxy) is 2. The average Bonchev–Trinajstić information content (AvgIpc) is 2.98. The lowest BCUT2D eigenvalue weighted by molar-refractivity contribution is 0.205. The first-order valence-corrected chi connectivity index (χ1v) is 8.59. The highest BCUT2D eigenvalue weighted by molar-refractivity contribution is 6.44. The molecule has 1 aliphatic rings. The first kappa shape index (κ1) is 17.7. The van der Waals surface area contributed by atoms with Crippen molar-refractivity contribution >= 4 is 7.12 Å². The zero-order valence-corrected chi connectivity index (χ0v) is 14.8. The van der Waals surface area contributed by atoms with Gasteiger partial charge < -0.3 is 19.2 Å². The Bertz CT molecular complexity index is 728. The summed E-state index contributed by atoms with van der Waals surface area (Å²) in [5, 5.41) is 18.1. The third kappa shape index (κ3) is 3.94. The molecule has 2 heterocycles. The Hall–Kier alpha value is -2.12. The van der Waals surface area contributed by atoms with Crippen LogP contribution in [0.1, 0.15) is 31.7 Å². The third-order valence-corrected chi connectivity index (χ3v) is 4.42. The van der Waals surface area contributed by atoms with Gasteiger partial charge in [0, 0.05) is 17.6 Å². The zero-order chi connectivity index (χ0) is 17.8. The smallest absolute Gasteiger partial charge is 0.455 e. The van der Waals surface area contributed by atoms with E-state index in [4.69, 9.17) is 14.1 Å². The van der Waals surface area contributed by atoms with Gasteiger partial charge in [-0.25, -0.2) is 0 Å². The molecule has 1 N–H and O–H groups in total. The number of benzene rings is 1. The lowest BCUT2D eigenvalue weighted by Crippen LogP contribution is -2.12. The first-order chi connectivity index (χ1) is 12.1. The van der Waals surface area contributed by atoms with E-state index in [-0.39, 0.29) is 12.0 Å². The molecule has 0 radical (unpaired) electrons. The number of aromatic nitrogens is 2. The summed E-state index contributed by atoms with van der Waals surface area (Å²) in [6.07, 6.45) is 3.18. The van der Waals surface area contributed by atoms with E-state index >= 15 is 0 Å². The molecule has 1 unspecified atom stereocenters. The molecule has 2 aromatic rings. The van der Waals surface area contributed by atoms with Crippen molar-refractivity contribution in [1.29, 1.82) is 0 Å². The lowest BCUT2D eigenvalue weighted by Gasteiger charge is -2.15. The average molecular weight is 342 g/mol. The number of methoxy groups -OCH3 is 1. The van der Waals surface area contributed by atoms with Crippen LogP contribution in [0, 0.1) is 0 Å². The topological polar surface area (TPSA) is 73.7 Å². The van der Waals surface area contributed by atoms with Gasteiger partial charge in [0.25, 0.3) is 0 Å². The van der Waals surface area contributed by atoms with Crippen LogP contribution >= 0.6 is 0 Å². The van der Waals surface area contributed by atoms with Crippen LogP contribution in [0.15, 0.2) is 30.5 Å². The molecule has 2 atom stereocenters. The molecule has 1 saturated heterocycles. The fraction of sp³-hybridized carbons (Fsp3) is 0.444. The Labute approximate surface area is 148 Å². The van der Waals surface area contributed by atoms with Gasteiger partial charge in [0.15, 0.2) is 11.5 Å². The molecule has 0 aliphatic carbocycles. The largest absolute Gasteiger partial charge is 0.493 e. The van der Waals surface area contributed by atoms with Gasteiger partial charge in [-0.1, -0.05) is 6.92 Å². The molecule has 25 heavy (non-hydrogen) atoms. The number of hydrogen-bond acceptors (Lipinski definition) is 6. The molecule has 1 fully saturated rings. The van der Waals surface area contributed by atoms with E-state index in [0.29, 0.717) is 24.4 Å². The quantitative estimate of drug-likeness (QED) is 0.814. The van der Waals surface area contributed by atoms with Gasteiger partial charge in [-0.15, -0.1) is 0 Å². The van der Waals surface area contributed by atoms with Crippen molar-refractivity contribution in [2.45, 2.75) is 38.6 Å². The Kier molecular flexibility index (Phi) is 5.55. The summed E-state index contributed by atoms with van der Waals surface area (Å²) in [4.78, 5) is 0. The second kappa shape index (κ2) is 7.84. The van der Waals surface area contributed by atoms with E-state index < -0.39 is 7.12 Å². The molecule has 0 saturated carbocycles. The van der Waals surface area contributed by atoms with Crippen LogP contribution in [0.4, 0.5) is 0 Å². The van der Waals surface area contributed by atoms with Gasteiger partial charge in [-0.3, -0.25) is 0 Å². The van der Waals surface area contributed by atoms with Crippen molar-refractivity contribution in [1.82, 2.24) is 10.2 Å². The van der Waals surface area contributed by atoms with Crippen LogP contribution in [-0.4, -0.2) is 42.2 Å². The maximum atomic E-state index is 9.71. The summed E-state index contributed by atoms with van der Waals surface area (Å²) < 4.78 is 16.6. The minimum atomic E-state index is -0.716. The first-order valence-electron chi connectivity index (χ1n) is 8.59. The molecule has 7 heteroatoms. The Morgan fingerprint density at radius 3 is 2.84 bits per heavy atom. The zero-order valence-electron chi connectivity index (χ0n) is 14.8. The van der Waals surface area contributed by atoms with E-state index in [2.05, 4.69) is 17.1 Å². The lowest BCUT2D eigenvalue weighted by atomic mass is 9.78. The number of rotatable bonds is 6. The highest BCUT2D eigenvalue weighted by Gasteiger charge is 2.36. The van der Waals surface area contributed by atoms with Gasteiger partial charge in [0.05, 0.1) is 25.6 Å². The molecule has 0 bridgehead atoms. The summed E-state index contributed by atoms with van der Waals surface area (Å²) in [5.41, 5.74) is 2.68. The van der Waals surface area contributed by atoms with Crippen LogP contribution in [0.25, 0.3) is 11.3 Å². The van der Waals surface area contributed by atoms with Crippen LogP contribution in [0.3, 0.4) is 0 Å². The van der Waals surface area contributed by atoms with Crippen LogP contribution in [0.2, 0.25) is 6.32 Å². The minimum Gasteiger partial charge on any atom is -0.493 e. The van der Waals surface area contributed by atoms with E-state index in [1.165, 1.54) is 0 Å². The third-order valence-electron chi connectivity index (χ3n) is 4.42. The molecule has 0 amide bonds. The van der Waals surface area contributed by atoms with Crippen molar-refractivity contribution < 1.29 is 19.2 Å². The normalized spacial score (nSPS) is 19.9. The fourth-order valence-electron chi connectivity index (χ4n) is 3.10. The Morgan fingerprint density at radius 1 is 1.32 bits per heavy atom. The summed E-state index contributed by atoms with van der Waals surface area (Å²) in [6, 6.07) is 7.74. The van der Waals surface area contributed by atoms with Gasteiger partial charge in [-0.2, -0.15) is 10.2 Å². The Balaban J connectivity index is 1.90. The van der Waals surface area contributed by atoms with Crippen molar-refractivity contribution in [3.05, 3.63) is 36.0 Å². The van der Waals surface area contributed by atoms with Crippen LogP contribution in [-0.2, 0) is 4.65 Å². The SMILES string of the molecule is CCCOc1cc(-c2cc([C@@H]3CB(O)OC3C)cnn2)ccc1OC. The maximum Gasteiger partial charge on any atom is 0.455 e. The minimum absolute atomic E-state index is 0.0497. The standard InChI is InChI=1S/C18H23BN2O4/c1-4-7-24-18-9-13(5-6-17(18)23-3)16-8-14(11-20-21-16)15-10-19(22)25-12(15)2/h5-6,8-9,11-12,15,22H,4,7,10H2,1-3H3/t12?,15-/m1/s1. The highest BCUT2D eigenvalue weighted by atomic mass is 16.5. The summed E-state index contributed by atoms with van der Waals surface area (Å²) in [7, 11) is 0.910. The van der Waals surface area contributed by atoms with Crippen molar-refractivity contribution in [2.75, 3.05) is 13.7 Å². The molecule has 1 aromatic carbocycles. The molecular formula is C18H23BN2O4. The summed E-state index contributed by atoms with van der Waals surface area (Å²) in [5.74, 6) is 1.50. The fourth-order valence-corrected chi connectivity index (χ4v) is 3.10. The maximum absolute atomic E-state index is 9.71. The van der Waals surface area contributed by atoms with E-state index in [0.717, 1.165) is 23.2 Å². The second-order valence-corrected chi connectivity index (χ2v) is 6.23. The van der Waals surface area contributed by atoms with Gasteiger partial charge in [0.1, 0.15) is 0 Å². The predicted molar refractivity (Wildman–Crippen MR) is 95.9 cm³/mol. The van der Waals surface area contributed by atoms with E-state index in [1.807, 2.05) is 31.2 Å². The molecular weight excluding hydrogens is 319 g/mol. The van der Waals surface area contributed by atoms with Crippen molar-refractivity contribution in [3.63, 3.8) is 0 Å².